The molecule has 24 heavy (non-hydrogen) atoms. The lowest BCUT2D eigenvalue weighted by Gasteiger charge is -2.04. The molecule has 0 spiro atoms. The number of carbonyl (C=O) groups excluding carboxylic acids is 1. The molecule has 0 saturated heterocycles. The van der Waals surface area contributed by atoms with Crippen LogP contribution in [-0.4, -0.2) is 33.3 Å². The van der Waals surface area contributed by atoms with Crippen molar-refractivity contribution >= 4 is 23.5 Å². The molecule has 0 unspecified atom stereocenters. The van der Waals surface area contributed by atoms with E-state index in [1.165, 1.54) is 6.20 Å². The number of hydrogen-bond donors (Lipinski definition) is 2. The van der Waals surface area contributed by atoms with Crippen LogP contribution in [0.2, 0.25) is 5.02 Å². The summed E-state index contributed by atoms with van der Waals surface area (Å²) in [7, 11) is 0. The largest absolute Gasteiger partial charge is 0.481 e. The van der Waals surface area contributed by atoms with Crippen molar-refractivity contribution in [2.45, 2.75) is 32.2 Å². The highest BCUT2D eigenvalue weighted by atomic mass is 35.5. The molecular weight excluding hydrogens is 330 g/mol. The van der Waals surface area contributed by atoms with Gasteiger partial charge < -0.3 is 10.4 Å². The van der Waals surface area contributed by atoms with Crippen LogP contribution in [0, 0.1) is 0 Å². The molecule has 1 heterocycles. The van der Waals surface area contributed by atoms with Crippen LogP contribution in [0.25, 0.3) is 0 Å². The number of nitrogens with one attached hydrogen (secondary N) is 1. The van der Waals surface area contributed by atoms with Gasteiger partial charge in [-0.25, -0.2) is 0 Å². The van der Waals surface area contributed by atoms with Gasteiger partial charge in [-0.1, -0.05) is 36.2 Å². The molecular formula is C17H20ClN3O3. The summed E-state index contributed by atoms with van der Waals surface area (Å²) >= 11 is 6.12. The van der Waals surface area contributed by atoms with Crippen molar-refractivity contribution in [1.82, 2.24) is 15.1 Å². The maximum Gasteiger partial charge on any atom is 0.303 e. The van der Waals surface area contributed by atoms with Crippen LogP contribution in [0.1, 0.15) is 41.6 Å². The van der Waals surface area contributed by atoms with Crippen LogP contribution in [0.5, 0.6) is 0 Å². The molecule has 2 rings (SSSR count). The molecule has 0 aliphatic carbocycles. The number of benzene rings is 1. The van der Waals surface area contributed by atoms with Gasteiger partial charge in [-0.2, -0.15) is 5.10 Å². The van der Waals surface area contributed by atoms with E-state index in [0.717, 1.165) is 18.4 Å². The van der Waals surface area contributed by atoms with Crippen LogP contribution in [0.4, 0.5) is 0 Å². The number of hydrogen-bond acceptors (Lipinski definition) is 3. The molecule has 0 fully saturated rings. The molecule has 2 N–H and O–H groups in total. The van der Waals surface area contributed by atoms with E-state index in [2.05, 4.69) is 10.4 Å². The Bertz CT molecular complexity index is 700. The van der Waals surface area contributed by atoms with E-state index >= 15 is 0 Å². The second-order valence-electron chi connectivity index (χ2n) is 5.48. The summed E-state index contributed by atoms with van der Waals surface area (Å²) in [6, 6.07) is 7.51. The third-order valence-corrected chi connectivity index (χ3v) is 3.91. The zero-order valence-corrected chi connectivity index (χ0v) is 14.0. The number of rotatable bonds is 9. The fourth-order valence-corrected chi connectivity index (χ4v) is 2.45. The zero-order chi connectivity index (χ0) is 17.4. The van der Waals surface area contributed by atoms with Gasteiger partial charge >= 0.3 is 5.97 Å². The summed E-state index contributed by atoms with van der Waals surface area (Å²) in [5, 5.41) is 16.2. The van der Waals surface area contributed by atoms with Gasteiger partial charge in [-0.3, -0.25) is 14.3 Å². The van der Waals surface area contributed by atoms with Gasteiger partial charge in [0.2, 0.25) is 0 Å². The van der Waals surface area contributed by atoms with E-state index < -0.39 is 5.97 Å². The summed E-state index contributed by atoms with van der Waals surface area (Å²) in [5.41, 5.74) is 1.43. The number of unbranched alkanes of at least 4 members (excludes halogenated alkanes) is 2. The molecule has 0 aliphatic rings. The minimum Gasteiger partial charge on any atom is -0.481 e. The first-order valence-electron chi connectivity index (χ1n) is 7.82. The van der Waals surface area contributed by atoms with Crippen molar-refractivity contribution in [2.24, 2.45) is 0 Å². The van der Waals surface area contributed by atoms with Crippen LogP contribution >= 0.6 is 11.6 Å². The van der Waals surface area contributed by atoms with Crippen LogP contribution in [-0.2, 0) is 11.3 Å². The zero-order valence-electron chi connectivity index (χ0n) is 13.2. The lowest BCUT2D eigenvalue weighted by atomic mass is 10.2. The van der Waals surface area contributed by atoms with Crippen molar-refractivity contribution in [3.8, 4) is 0 Å². The number of carbonyl (C=O) groups is 2. The van der Waals surface area contributed by atoms with Gasteiger partial charge in [-0.05, 0) is 24.5 Å². The van der Waals surface area contributed by atoms with Gasteiger partial charge in [0, 0.05) is 24.2 Å². The highest BCUT2D eigenvalue weighted by Crippen LogP contribution is 2.16. The van der Waals surface area contributed by atoms with E-state index in [4.69, 9.17) is 16.7 Å². The summed E-state index contributed by atoms with van der Waals surface area (Å²) in [5.74, 6) is -0.969. The molecule has 1 amide bonds. The lowest BCUT2D eigenvalue weighted by Crippen LogP contribution is -2.24. The fourth-order valence-electron chi connectivity index (χ4n) is 2.25. The van der Waals surface area contributed by atoms with E-state index in [0.29, 0.717) is 30.1 Å². The van der Waals surface area contributed by atoms with Crippen LogP contribution < -0.4 is 5.32 Å². The standard InChI is InChI=1S/C17H20ClN3O3/c18-15-7-4-3-6-13(15)11-21-12-14(10-20-21)17(24)19-9-5-1-2-8-16(22)23/h3-4,6-7,10,12H,1-2,5,8-9,11H2,(H,19,24)(H,22,23). The average molecular weight is 350 g/mol. The maximum absolute atomic E-state index is 12.0. The van der Waals surface area contributed by atoms with Crippen LogP contribution in [0.15, 0.2) is 36.7 Å². The first-order valence-corrected chi connectivity index (χ1v) is 8.20. The maximum atomic E-state index is 12.0. The minimum absolute atomic E-state index is 0.169. The Labute approximate surface area is 145 Å². The number of nitrogens with zero attached hydrogens (tertiary/aromatic N) is 2. The molecule has 1 aromatic carbocycles. The quantitative estimate of drug-likeness (QED) is 0.682. The Kier molecular flexibility index (Phi) is 6.81. The Morgan fingerprint density at radius 1 is 1.21 bits per heavy atom. The number of carboxylic acids is 1. The molecule has 1 aromatic heterocycles. The highest BCUT2D eigenvalue weighted by Gasteiger charge is 2.09. The third kappa shape index (κ3) is 5.70. The number of halogens is 1. The van der Waals surface area contributed by atoms with Gasteiger partial charge in [0.05, 0.1) is 18.3 Å². The van der Waals surface area contributed by atoms with Gasteiger partial charge in [0.25, 0.3) is 5.91 Å². The molecule has 2 aromatic rings. The average Bonchev–Trinajstić information content (AvgIpc) is 3.01. The van der Waals surface area contributed by atoms with E-state index in [9.17, 15) is 9.59 Å². The van der Waals surface area contributed by atoms with Gasteiger partial charge in [0.15, 0.2) is 0 Å². The SMILES string of the molecule is O=C(O)CCCCCNC(=O)c1cnn(Cc2ccccc2Cl)c1. The second kappa shape index (κ2) is 9.08. The Morgan fingerprint density at radius 3 is 2.75 bits per heavy atom. The summed E-state index contributed by atoms with van der Waals surface area (Å²) < 4.78 is 1.67. The number of aromatic nitrogens is 2. The Balaban J connectivity index is 1.77. The topological polar surface area (TPSA) is 84.2 Å². The fraction of sp³-hybridized carbons (Fsp3) is 0.353. The Hall–Kier alpha value is -2.34. The summed E-state index contributed by atoms with van der Waals surface area (Å²) in [6.07, 6.45) is 5.54. The smallest absolute Gasteiger partial charge is 0.303 e. The van der Waals surface area contributed by atoms with E-state index in [1.807, 2.05) is 24.3 Å². The number of carboxylic acid groups (broad SMARTS) is 1. The van der Waals surface area contributed by atoms with Crippen molar-refractivity contribution in [3.63, 3.8) is 0 Å². The highest BCUT2D eigenvalue weighted by molar-refractivity contribution is 6.31. The number of aliphatic carboxylic acids is 1. The molecule has 7 heteroatoms. The molecule has 0 atom stereocenters. The van der Waals surface area contributed by atoms with E-state index in [-0.39, 0.29) is 12.3 Å². The van der Waals surface area contributed by atoms with Crippen molar-refractivity contribution < 1.29 is 14.7 Å². The number of amides is 1. The first-order chi connectivity index (χ1) is 11.6. The first kappa shape index (κ1) is 18.0. The monoisotopic (exact) mass is 349 g/mol. The van der Waals surface area contributed by atoms with Crippen molar-refractivity contribution in [1.29, 1.82) is 0 Å². The summed E-state index contributed by atoms with van der Waals surface area (Å²) in [4.78, 5) is 22.4. The predicted molar refractivity (Wildman–Crippen MR) is 91.2 cm³/mol. The normalized spacial score (nSPS) is 10.5. The second-order valence-corrected chi connectivity index (χ2v) is 5.89. The van der Waals surface area contributed by atoms with Gasteiger partial charge in [0.1, 0.15) is 0 Å². The molecule has 0 bridgehead atoms. The molecule has 0 aliphatic heterocycles. The van der Waals surface area contributed by atoms with Crippen molar-refractivity contribution in [2.75, 3.05) is 6.54 Å². The van der Waals surface area contributed by atoms with Crippen molar-refractivity contribution in [3.05, 3.63) is 52.8 Å². The summed E-state index contributed by atoms with van der Waals surface area (Å²) in [6.45, 7) is 1.02. The molecule has 6 nitrogen and oxygen atoms in total. The third-order valence-electron chi connectivity index (χ3n) is 3.54. The molecule has 0 saturated carbocycles. The Morgan fingerprint density at radius 2 is 2.00 bits per heavy atom. The van der Waals surface area contributed by atoms with Gasteiger partial charge in [-0.15, -0.1) is 0 Å². The minimum atomic E-state index is -0.787. The lowest BCUT2D eigenvalue weighted by molar-refractivity contribution is -0.137. The predicted octanol–water partition coefficient (Wildman–Crippen LogP) is 2.96. The van der Waals surface area contributed by atoms with Crippen LogP contribution in [0.3, 0.4) is 0 Å². The van der Waals surface area contributed by atoms with E-state index in [1.54, 1.807) is 10.9 Å². The molecule has 128 valence electrons. The molecule has 0 radical (unpaired) electrons.